The van der Waals surface area contributed by atoms with Crippen molar-refractivity contribution < 1.29 is 24.1 Å². The van der Waals surface area contributed by atoms with Gasteiger partial charge in [0.1, 0.15) is 12.3 Å². The molecule has 0 amide bonds. The summed E-state index contributed by atoms with van der Waals surface area (Å²) in [7, 11) is 1.20. The highest BCUT2D eigenvalue weighted by molar-refractivity contribution is 5.09. The SMILES string of the molecule is COc1nc(=O)n([C@H]2C[C@H](O)[C@@H](CO)O2)cc1F. The third-order valence-electron chi connectivity index (χ3n) is 2.76. The second kappa shape index (κ2) is 5.01. The van der Waals surface area contributed by atoms with Crippen LogP contribution in [0, 0.1) is 5.82 Å². The van der Waals surface area contributed by atoms with Crippen molar-refractivity contribution in [2.24, 2.45) is 0 Å². The fraction of sp³-hybridized carbons (Fsp3) is 0.600. The molecule has 7 nitrogen and oxygen atoms in total. The van der Waals surface area contributed by atoms with E-state index in [4.69, 9.17) is 9.84 Å². The predicted molar refractivity (Wildman–Crippen MR) is 56.6 cm³/mol. The van der Waals surface area contributed by atoms with Gasteiger partial charge in [0.15, 0.2) is 0 Å². The predicted octanol–water partition coefficient (Wildman–Crippen LogP) is -0.968. The maximum atomic E-state index is 13.4. The molecule has 0 saturated carbocycles. The molecule has 2 rings (SSSR count). The van der Waals surface area contributed by atoms with Gasteiger partial charge >= 0.3 is 5.69 Å². The normalized spacial score (nSPS) is 27.4. The van der Waals surface area contributed by atoms with Gasteiger partial charge in [0.2, 0.25) is 5.82 Å². The Kier molecular flexibility index (Phi) is 3.60. The molecule has 2 heterocycles. The summed E-state index contributed by atoms with van der Waals surface area (Å²) in [6, 6.07) is 0. The molecule has 0 spiro atoms. The fourth-order valence-corrected chi connectivity index (χ4v) is 1.83. The molecule has 3 atom stereocenters. The minimum atomic E-state index is -0.905. The van der Waals surface area contributed by atoms with Crippen molar-refractivity contribution in [2.75, 3.05) is 13.7 Å². The van der Waals surface area contributed by atoms with E-state index in [2.05, 4.69) is 9.72 Å². The molecule has 1 aliphatic heterocycles. The van der Waals surface area contributed by atoms with Crippen LogP contribution in [0.4, 0.5) is 4.39 Å². The molecule has 1 saturated heterocycles. The van der Waals surface area contributed by atoms with Gasteiger partial charge in [0.25, 0.3) is 5.88 Å². The molecule has 2 N–H and O–H groups in total. The van der Waals surface area contributed by atoms with Gasteiger partial charge in [-0.3, -0.25) is 4.57 Å². The largest absolute Gasteiger partial charge is 0.479 e. The molecule has 1 aromatic rings. The molecular weight excluding hydrogens is 247 g/mol. The van der Waals surface area contributed by atoms with Gasteiger partial charge in [0, 0.05) is 6.42 Å². The number of aromatic nitrogens is 2. The van der Waals surface area contributed by atoms with Crippen LogP contribution < -0.4 is 10.4 Å². The van der Waals surface area contributed by atoms with Gasteiger partial charge in [-0.2, -0.15) is 9.37 Å². The van der Waals surface area contributed by atoms with Crippen LogP contribution in [0.1, 0.15) is 12.6 Å². The minimum absolute atomic E-state index is 0.0819. The Morgan fingerprint density at radius 3 is 3.00 bits per heavy atom. The Bertz CT molecular complexity index is 492. The maximum Gasteiger partial charge on any atom is 0.353 e. The molecule has 18 heavy (non-hydrogen) atoms. The van der Waals surface area contributed by atoms with E-state index in [0.717, 1.165) is 10.8 Å². The standard InChI is InChI=1S/C10H13FN2O5/c1-17-9-5(11)3-13(10(16)12-9)8-2-6(15)7(4-14)18-8/h3,6-8,14-15H,2,4H2,1H3/t6-,7+,8+/m0/s1. The van der Waals surface area contributed by atoms with E-state index >= 15 is 0 Å². The molecule has 0 aromatic carbocycles. The zero-order chi connectivity index (χ0) is 13.3. The number of aliphatic hydroxyl groups is 2. The Morgan fingerprint density at radius 2 is 2.44 bits per heavy atom. The second-order valence-electron chi connectivity index (χ2n) is 3.90. The number of methoxy groups -OCH3 is 1. The smallest absolute Gasteiger partial charge is 0.353 e. The maximum absolute atomic E-state index is 13.4. The molecule has 100 valence electrons. The lowest BCUT2D eigenvalue weighted by Gasteiger charge is -2.14. The average Bonchev–Trinajstić information content (AvgIpc) is 2.72. The second-order valence-corrected chi connectivity index (χ2v) is 3.90. The van der Waals surface area contributed by atoms with E-state index in [1.54, 1.807) is 0 Å². The molecular formula is C10H13FN2O5. The number of halogens is 1. The van der Waals surface area contributed by atoms with E-state index in [0.29, 0.717) is 0 Å². The summed E-state index contributed by atoms with van der Waals surface area (Å²) in [5.41, 5.74) is -0.746. The molecule has 1 aromatic heterocycles. The molecule has 0 radical (unpaired) electrons. The number of nitrogens with zero attached hydrogens (tertiary/aromatic N) is 2. The molecule has 0 unspecified atom stereocenters. The number of rotatable bonds is 3. The van der Waals surface area contributed by atoms with Gasteiger partial charge in [-0.1, -0.05) is 0 Å². The summed E-state index contributed by atoms with van der Waals surface area (Å²) in [5.74, 6) is -1.20. The Balaban J connectivity index is 2.30. The summed E-state index contributed by atoms with van der Waals surface area (Å²) in [6.07, 6.45) is -1.55. The van der Waals surface area contributed by atoms with Crippen molar-refractivity contribution in [3.63, 3.8) is 0 Å². The van der Waals surface area contributed by atoms with Crippen molar-refractivity contribution in [2.45, 2.75) is 24.9 Å². The van der Waals surface area contributed by atoms with E-state index < -0.39 is 35.8 Å². The van der Waals surface area contributed by atoms with Crippen LogP contribution >= 0.6 is 0 Å². The van der Waals surface area contributed by atoms with Crippen LogP contribution in [-0.4, -0.2) is 45.7 Å². The van der Waals surface area contributed by atoms with Crippen LogP contribution in [0.5, 0.6) is 5.88 Å². The summed E-state index contributed by atoms with van der Waals surface area (Å²) in [5, 5.41) is 18.5. The van der Waals surface area contributed by atoms with Gasteiger partial charge in [-0.25, -0.2) is 4.79 Å². The lowest BCUT2D eigenvalue weighted by Crippen LogP contribution is -2.28. The van der Waals surface area contributed by atoms with Gasteiger partial charge in [-0.15, -0.1) is 0 Å². The number of hydrogen-bond acceptors (Lipinski definition) is 6. The monoisotopic (exact) mass is 260 g/mol. The zero-order valence-corrected chi connectivity index (χ0v) is 9.62. The average molecular weight is 260 g/mol. The van der Waals surface area contributed by atoms with Crippen LogP contribution in [-0.2, 0) is 4.74 Å². The van der Waals surface area contributed by atoms with Crippen LogP contribution in [0.2, 0.25) is 0 Å². The first-order chi connectivity index (χ1) is 8.56. The Morgan fingerprint density at radius 1 is 1.72 bits per heavy atom. The highest BCUT2D eigenvalue weighted by Gasteiger charge is 2.35. The number of hydrogen-bond donors (Lipinski definition) is 2. The van der Waals surface area contributed by atoms with Crippen molar-refractivity contribution in [3.05, 3.63) is 22.5 Å². The highest BCUT2D eigenvalue weighted by Crippen LogP contribution is 2.27. The Labute approximate surface area is 101 Å². The molecule has 0 bridgehead atoms. The summed E-state index contributed by atoms with van der Waals surface area (Å²) >= 11 is 0. The fourth-order valence-electron chi connectivity index (χ4n) is 1.83. The van der Waals surface area contributed by atoms with E-state index in [1.807, 2.05) is 0 Å². The highest BCUT2D eigenvalue weighted by atomic mass is 19.1. The quantitative estimate of drug-likeness (QED) is 0.726. The van der Waals surface area contributed by atoms with Gasteiger partial charge in [0.05, 0.1) is 26.0 Å². The third-order valence-corrected chi connectivity index (χ3v) is 2.76. The molecule has 1 aliphatic rings. The Hall–Kier alpha value is -1.51. The molecule has 8 heteroatoms. The van der Waals surface area contributed by atoms with Gasteiger partial charge < -0.3 is 19.7 Å². The summed E-state index contributed by atoms with van der Waals surface area (Å²) < 4.78 is 24.2. The van der Waals surface area contributed by atoms with Gasteiger partial charge in [-0.05, 0) is 0 Å². The van der Waals surface area contributed by atoms with E-state index in [9.17, 15) is 14.3 Å². The van der Waals surface area contributed by atoms with Crippen LogP contribution in [0.25, 0.3) is 0 Å². The molecule has 0 aliphatic carbocycles. The topological polar surface area (TPSA) is 93.8 Å². The number of aliphatic hydroxyl groups excluding tert-OH is 2. The van der Waals surface area contributed by atoms with Crippen LogP contribution in [0.15, 0.2) is 11.0 Å². The third kappa shape index (κ3) is 2.22. The first-order valence-electron chi connectivity index (χ1n) is 5.34. The summed E-state index contributed by atoms with van der Waals surface area (Å²) in [6.45, 7) is -0.377. The number of ether oxygens (including phenoxy) is 2. The zero-order valence-electron chi connectivity index (χ0n) is 9.62. The van der Waals surface area contributed by atoms with Crippen molar-refractivity contribution >= 4 is 0 Å². The first kappa shape index (κ1) is 12.9. The first-order valence-corrected chi connectivity index (χ1v) is 5.34. The van der Waals surface area contributed by atoms with Crippen molar-refractivity contribution in [1.29, 1.82) is 0 Å². The van der Waals surface area contributed by atoms with E-state index in [1.165, 1.54) is 7.11 Å². The van der Waals surface area contributed by atoms with Crippen LogP contribution in [0.3, 0.4) is 0 Å². The lowest BCUT2D eigenvalue weighted by atomic mass is 10.2. The molecule has 1 fully saturated rings. The van der Waals surface area contributed by atoms with Crippen molar-refractivity contribution in [1.82, 2.24) is 9.55 Å². The summed E-state index contributed by atoms with van der Waals surface area (Å²) in [4.78, 5) is 15.0. The lowest BCUT2D eigenvalue weighted by molar-refractivity contribution is -0.0462. The minimum Gasteiger partial charge on any atom is -0.479 e. The van der Waals surface area contributed by atoms with E-state index in [-0.39, 0.29) is 13.0 Å². The van der Waals surface area contributed by atoms with Crippen molar-refractivity contribution in [3.8, 4) is 5.88 Å².